The minimum absolute atomic E-state index is 0.207. The third-order valence-electron chi connectivity index (χ3n) is 2.85. The molecule has 0 heterocycles. The van der Waals surface area contributed by atoms with E-state index in [9.17, 15) is 14.4 Å². The quantitative estimate of drug-likeness (QED) is 0.665. The fourth-order valence-electron chi connectivity index (χ4n) is 1.36. The van der Waals surface area contributed by atoms with Crippen molar-refractivity contribution in [2.45, 2.75) is 46.1 Å². The zero-order valence-corrected chi connectivity index (χ0v) is 10.2. The van der Waals surface area contributed by atoms with Crippen LogP contribution < -0.4 is 5.32 Å². The van der Waals surface area contributed by atoms with Gasteiger partial charge in [0.2, 0.25) is 5.91 Å². The minimum atomic E-state index is -1.32. The van der Waals surface area contributed by atoms with Gasteiger partial charge in [0.05, 0.1) is 6.42 Å². The van der Waals surface area contributed by atoms with E-state index in [-0.39, 0.29) is 18.1 Å². The number of Topliss-reactive ketones (excluding diaryl/α,β-unsaturated/α-hetero) is 1. The van der Waals surface area contributed by atoms with Crippen LogP contribution in [0.3, 0.4) is 0 Å². The van der Waals surface area contributed by atoms with E-state index in [1.807, 2.05) is 6.92 Å². The highest BCUT2D eigenvalue weighted by molar-refractivity contribution is 5.98. The molecule has 0 aliphatic carbocycles. The second kappa shape index (κ2) is 5.63. The maximum atomic E-state index is 11.4. The summed E-state index contributed by atoms with van der Waals surface area (Å²) in [5.74, 6) is -2.12. The van der Waals surface area contributed by atoms with E-state index in [0.29, 0.717) is 6.42 Å². The maximum absolute atomic E-state index is 11.4. The van der Waals surface area contributed by atoms with Crippen molar-refractivity contribution in [1.82, 2.24) is 5.32 Å². The van der Waals surface area contributed by atoms with Gasteiger partial charge in [0.15, 0.2) is 0 Å². The van der Waals surface area contributed by atoms with Gasteiger partial charge in [-0.3, -0.25) is 9.59 Å². The van der Waals surface area contributed by atoms with E-state index in [0.717, 1.165) is 0 Å². The molecule has 0 bridgehead atoms. The number of hydrogen-bond donors (Lipinski definition) is 2. The van der Waals surface area contributed by atoms with Crippen molar-refractivity contribution in [2.24, 2.45) is 5.92 Å². The molecule has 0 aliphatic rings. The Bertz CT molecular complexity index is 300. The van der Waals surface area contributed by atoms with Crippen LogP contribution in [0.25, 0.3) is 0 Å². The predicted octanol–water partition coefficient (Wildman–Crippen LogP) is 0.971. The highest BCUT2D eigenvalue weighted by Crippen LogP contribution is 2.20. The van der Waals surface area contributed by atoms with Crippen molar-refractivity contribution >= 4 is 17.7 Å². The molecule has 0 spiro atoms. The molecule has 0 aromatic heterocycles. The Morgan fingerprint density at radius 1 is 1.38 bits per heavy atom. The Labute approximate surface area is 95.2 Å². The van der Waals surface area contributed by atoms with Gasteiger partial charge in [0.25, 0.3) is 0 Å². The lowest BCUT2D eigenvalue weighted by Crippen LogP contribution is -2.56. The summed E-state index contributed by atoms with van der Waals surface area (Å²) in [6.07, 6.45) is 0.350. The van der Waals surface area contributed by atoms with Gasteiger partial charge in [-0.25, -0.2) is 4.79 Å². The molecule has 5 heteroatoms. The van der Waals surface area contributed by atoms with Gasteiger partial charge in [0.1, 0.15) is 11.3 Å². The molecular formula is C11H19NO4. The van der Waals surface area contributed by atoms with Crippen molar-refractivity contribution in [3.8, 4) is 0 Å². The van der Waals surface area contributed by atoms with E-state index in [1.165, 1.54) is 13.8 Å². The third kappa shape index (κ3) is 3.64. The molecule has 0 saturated heterocycles. The fraction of sp³-hybridized carbons (Fsp3) is 0.727. The van der Waals surface area contributed by atoms with Crippen molar-refractivity contribution in [1.29, 1.82) is 0 Å². The van der Waals surface area contributed by atoms with Gasteiger partial charge < -0.3 is 10.4 Å². The molecule has 0 radical (unpaired) electrons. The predicted molar refractivity (Wildman–Crippen MR) is 58.9 cm³/mol. The lowest BCUT2D eigenvalue weighted by Gasteiger charge is -2.31. The van der Waals surface area contributed by atoms with E-state index >= 15 is 0 Å². The SMILES string of the molecule is CC[C@@H](C)[C@](C)(NC(=O)CC(C)=O)C(=O)O. The molecule has 2 N–H and O–H groups in total. The molecule has 0 fully saturated rings. The molecule has 0 unspecified atom stereocenters. The van der Waals surface area contributed by atoms with Gasteiger partial charge in [-0.15, -0.1) is 0 Å². The largest absolute Gasteiger partial charge is 0.480 e. The molecular weight excluding hydrogens is 210 g/mol. The first-order valence-corrected chi connectivity index (χ1v) is 5.27. The smallest absolute Gasteiger partial charge is 0.329 e. The number of rotatable bonds is 6. The van der Waals surface area contributed by atoms with Crippen LogP contribution in [0.4, 0.5) is 0 Å². The van der Waals surface area contributed by atoms with Gasteiger partial charge in [-0.1, -0.05) is 20.3 Å². The first-order valence-electron chi connectivity index (χ1n) is 5.27. The summed E-state index contributed by atoms with van der Waals surface area (Å²) in [5, 5.41) is 11.5. The number of nitrogens with one attached hydrogen (secondary N) is 1. The molecule has 5 nitrogen and oxygen atoms in total. The molecule has 0 rings (SSSR count). The second-order valence-electron chi connectivity index (χ2n) is 4.24. The standard InChI is InChI=1S/C11H19NO4/c1-5-7(2)11(4,10(15)16)12-9(14)6-8(3)13/h7H,5-6H2,1-4H3,(H,12,14)(H,15,16)/t7-,11+/m1/s1. The zero-order chi connectivity index (χ0) is 12.9. The number of hydrogen-bond acceptors (Lipinski definition) is 3. The average Bonchev–Trinajstić information content (AvgIpc) is 2.14. The molecule has 1 amide bonds. The number of carboxylic acid groups (broad SMARTS) is 1. The van der Waals surface area contributed by atoms with E-state index in [2.05, 4.69) is 5.32 Å². The second-order valence-corrected chi connectivity index (χ2v) is 4.24. The number of ketones is 1. The summed E-state index contributed by atoms with van der Waals surface area (Å²) >= 11 is 0. The normalized spacial score (nSPS) is 16.0. The van der Waals surface area contributed by atoms with Crippen LogP contribution in [0.2, 0.25) is 0 Å². The number of aliphatic carboxylic acids is 1. The Morgan fingerprint density at radius 3 is 2.19 bits per heavy atom. The van der Waals surface area contributed by atoms with Crippen molar-refractivity contribution in [2.75, 3.05) is 0 Å². The van der Waals surface area contributed by atoms with Crippen LogP contribution in [-0.4, -0.2) is 28.3 Å². The fourth-order valence-corrected chi connectivity index (χ4v) is 1.36. The highest BCUT2D eigenvalue weighted by atomic mass is 16.4. The monoisotopic (exact) mass is 229 g/mol. The Balaban J connectivity index is 4.75. The van der Waals surface area contributed by atoms with Crippen molar-refractivity contribution in [3.05, 3.63) is 0 Å². The number of carboxylic acids is 1. The van der Waals surface area contributed by atoms with Crippen molar-refractivity contribution < 1.29 is 19.5 Å². The van der Waals surface area contributed by atoms with Crippen LogP contribution in [0.1, 0.15) is 40.5 Å². The maximum Gasteiger partial charge on any atom is 0.329 e. The minimum Gasteiger partial charge on any atom is -0.480 e. The molecule has 16 heavy (non-hydrogen) atoms. The Hall–Kier alpha value is -1.39. The number of carbonyl (C=O) groups is 3. The van der Waals surface area contributed by atoms with Crippen molar-refractivity contribution in [3.63, 3.8) is 0 Å². The summed E-state index contributed by atoms with van der Waals surface area (Å²) < 4.78 is 0. The van der Waals surface area contributed by atoms with E-state index < -0.39 is 17.4 Å². The zero-order valence-electron chi connectivity index (χ0n) is 10.2. The molecule has 92 valence electrons. The van der Waals surface area contributed by atoms with Crippen LogP contribution in [0, 0.1) is 5.92 Å². The molecule has 0 saturated carbocycles. The first-order chi connectivity index (χ1) is 7.24. The molecule has 2 atom stereocenters. The van der Waals surface area contributed by atoms with Gasteiger partial charge in [0, 0.05) is 0 Å². The van der Waals surface area contributed by atoms with E-state index in [1.54, 1.807) is 6.92 Å². The average molecular weight is 229 g/mol. The molecule has 0 aromatic carbocycles. The third-order valence-corrected chi connectivity index (χ3v) is 2.85. The van der Waals surface area contributed by atoms with Gasteiger partial charge in [-0.2, -0.15) is 0 Å². The summed E-state index contributed by atoms with van der Waals surface area (Å²) in [6.45, 7) is 6.35. The van der Waals surface area contributed by atoms with E-state index in [4.69, 9.17) is 5.11 Å². The van der Waals surface area contributed by atoms with Crippen LogP contribution in [0.5, 0.6) is 0 Å². The number of amides is 1. The van der Waals surface area contributed by atoms with Crippen LogP contribution in [0.15, 0.2) is 0 Å². The number of carbonyl (C=O) groups excluding carboxylic acids is 2. The Morgan fingerprint density at radius 2 is 1.88 bits per heavy atom. The topological polar surface area (TPSA) is 83.5 Å². The summed E-state index contributed by atoms with van der Waals surface area (Å²) in [6, 6.07) is 0. The van der Waals surface area contributed by atoms with Crippen LogP contribution in [-0.2, 0) is 14.4 Å². The Kier molecular flexibility index (Phi) is 5.14. The lowest BCUT2D eigenvalue weighted by atomic mass is 9.85. The highest BCUT2D eigenvalue weighted by Gasteiger charge is 2.39. The van der Waals surface area contributed by atoms with Gasteiger partial charge in [-0.05, 0) is 19.8 Å². The molecule has 0 aliphatic heterocycles. The summed E-state index contributed by atoms with van der Waals surface area (Å²) in [7, 11) is 0. The van der Waals surface area contributed by atoms with Gasteiger partial charge >= 0.3 is 5.97 Å². The first kappa shape index (κ1) is 14.6. The summed E-state index contributed by atoms with van der Waals surface area (Å²) in [5.41, 5.74) is -1.32. The lowest BCUT2D eigenvalue weighted by molar-refractivity contribution is -0.149. The molecule has 0 aromatic rings. The summed E-state index contributed by atoms with van der Waals surface area (Å²) in [4.78, 5) is 33.3. The van der Waals surface area contributed by atoms with Crippen LogP contribution >= 0.6 is 0 Å².